The van der Waals surface area contributed by atoms with Crippen LogP contribution < -0.4 is 0 Å². The predicted molar refractivity (Wildman–Crippen MR) is 106 cm³/mol. The summed E-state index contributed by atoms with van der Waals surface area (Å²) in [5, 5.41) is 0. The highest BCUT2D eigenvalue weighted by molar-refractivity contribution is 5.92. The predicted octanol–water partition coefficient (Wildman–Crippen LogP) is 4.31. The first kappa shape index (κ1) is 19.2. The zero-order chi connectivity index (χ0) is 19.8. The van der Waals surface area contributed by atoms with Crippen molar-refractivity contribution < 1.29 is 18.7 Å². The number of benzene rings is 2. The van der Waals surface area contributed by atoms with Crippen LogP contribution in [0, 0.1) is 0 Å². The lowest BCUT2D eigenvalue weighted by molar-refractivity contribution is -0.127. The van der Waals surface area contributed by atoms with E-state index in [0.29, 0.717) is 18.7 Å². The van der Waals surface area contributed by atoms with E-state index in [4.69, 9.17) is 4.42 Å². The zero-order valence-electron chi connectivity index (χ0n) is 15.6. The molecule has 3 rings (SSSR count). The van der Waals surface area contributed by atoms with Crippen LogP contribution in [-0.2, 0) is 22.6 Å². The lowest BCUT2D eigenvalue weighted by Crippen LogP contribution is -2.28. The van der Waals surface area contributed by atoms with E-state index in [-0.39, 0.29) is 11.9 Å². The van der Waals surface area contributed by atoms with Gasteiger partial charge in [-0.05, 0) is 41.5 Å². The average molecular weight is 375 g/mol. The second-order valence-electron chi connectivity index (χ2n) is 6.21. The maximum absolute atomic E-state index is 12.8. The van der Waals surface area contributed by atoms with Crippen molar-refractivity contribution in [3.8, 4) is 0 Å². The number of carbonyl (C=O) groups excluding carboxylic acids is 2. The van der Waals surface area contributed by atoms with E-state index in [1.807, 2.05) is 36.4 Å². The summed E-state index contributed by atoms with van der Waals surface area (Å²) in [4.78, 5) is 26.0. The van der Waals surface area contributed by atoms with E-state index in [1.54, 1.807) is 47.6 Å². The molecule has 0 saturated heterocycles. The van der Waals surface area contributed by atoms with Gasteiger partial charge in [0.1, 0.15) is 5.76 Å². The molecule has 5 heteroatoms. The number of methoxy groups -OCH3 is 1. The van der Waals surface area contributed by atoms with Crippen LogP contribution in [0.15, 0.2) is 83.5 Å². The van der Waals surface area contributed by atoms with Crippen molar-refractivity contribution in [2.24, 2.45) is 0 Å². The maximum atomic E-state index is 12.8. The Kier molecular flexibility index (Phi) is 6.41. The van der Waals surface area contributed by atoms with Crippen molar-refractivity contribution in [1.29, 1.82) is 0 Å². The van der Waals surface area contributed by atoms with E-state index >= 15 is 0 Å². The van der Waals surface area contributed by atoms with Crippen LogP contribution in [0.4, 0.5) is 0 Å². The Balaban J connectivity index is 1.72. The van der Waals surface area contributed by atoms with Crippen molar-refractivity contribution in [3.05, 3.63) is 102 Å². The first-order valence-electron chi connectivity index (χ1n) is 8.87. The first-order chi connectivity index (χ1) is 13.7. The molecule has 1 aromatic heterocycles. The molecule has 0 aliphatic rings. The number of hydrogen-bond donors (Lipinski definition) is 0. The molecule has 0 radical (unpaired) electrons. The molecule has 28 heavy (non-hydrogen) atoms. The van der Waals surface area contributed by atoms with Gasteiger partial charge in [-0.2, -0.15) is 0 Å². The summed E-state index contributed by atoms with van der Waals surface area (Å²) in [7, 11) is 1.34. The molecule has 0 bridgehead atoms. The van der Waals surface area contributed by atoms with Crippen LogP contribution in [-0.4, -0.2) is 23.9 Å². The molecule has 2 aromatic carbocycles. The Hall–Kier alpha value is -3.60. The van der Waals surface area contributed by atoms with E-state index in [1.165, 1.54) is 13.2 Å². The summed E-state index contributed by atoms with van der Waals surface area (Å²) in [5.41, 5.74) is 2.33. The van der Waals surface area contributed by atoms with E-state index in [2.05, 4.69) is 4.74 Å². The number of nitrogens with zero attached hydrogens (tertiary/aromatic N) is 1. The third kappa shape index (κ3) is 5.20. The van der Waals surface area contributed by atoms with Crippen LogP contribution >= 0.6 is 0 Å². The Morgan fingerprint density at radius 2 is 1.71 bits per heavy atom. The van der Waals surface area contributed by atoms with Gasteiger partial charge >= 0.3 is 5.97 Å². The number of rotatable bonds is 7. The Bertz CT molecular complexity index is 929. The van der Waals surface area contributed by atoms with Gasteiger partial charge in [-0.15, -0.1) is 0 Å². The fourth-order valence-electron chi connectivity index (χ4n) is 2.73. The third-order valence-corrected chi connectivity index (χ3v) is 4.20. The largest absolute Gasteiger partial charge is 0.467 e. The molecule has 0 fully saturated rings. The SMILES string of the molecule is COC(=O)c1ccc(C=CC(=O)N(Cc2ccccc2)Cc2ccco2)cc1. The molecule has 3 aromatic rings. The highest BCUT2D eigenvalue weighted by Gasteiger charge is 2.13. The molecule has 5 nitrogen and oxygen atoms in total. The summed E-state index contributed by atoms with van der Waals surface area (Å²) < 4.78 is 10.1. The fraction of sp³-hybridized carbons (Fsp3) is 0.130. The lowest BCUT2D eigenvalue weighted by Gasteiger charge is -2.20. The molecule has 142 valence electrons. The van der Waals surface area contributed by atoms with Gasteiger partial charge in [-0.3, -0.25) is 4.79 Å². The number of hydrogen-bond acceptors (Lipinski definition) is 4. The molecule has 1 heterocycles. The number of ether oxygens (including phenoxy) is 1. The number of furan rings is 1. The van der Waals surface area contributed by atoms with E-state index < -0.39 is 0 Å². The molecule has 1 amide bonds. The van der Waals surface area contributed by atoms with Crippen molar-refractivity contribution in [1.82, 2.24) is 4.90 Å². The van der Waals surface area contributed by atoms with Crippen LogP contribution in [0.2, 0.25) is 0 Å². The minimum absolute atomic E-state index is 0.128. The second kappa shape index (κ2) is 9.37. The smallest absolute Gasteiger partial charge is 0.337 e. The van der Waals surface area contributed by atoms with Gasteiger partial charge in [0.25, 0.3) is 0 Å². The normalized spacial score (nSPS) is 10.8. The zero-order valence-corrected chi connectivity index (χ0v) is 15.6. The van der Waals surface area contributed by atoms with Crippen LogP contribution in [0.25, 0.3) is 6.08 Å². The van der Waals surface area contributed by atoms with Gasteiger partial charge in [-0.1, -0.05) is 42.5 Å². The average Bonchev–Trinajstić information content (AvgIpc) is 3.25. The monoisotopic (exact) mass is 375 g/mol. The Labute approximate surface area is 163 Å². The van der Waals surface area contributed by atoms with Crippen molar-refractivity contribution in [3.63, 3.8) is 0 Å². The highest BCUT2D eigenvalue weighted by atomic mass is 16.5. The molecule has 0 N–H and O–H groups in total. The second-order valence-corrected chi connectivity index (χ2v) is 6.21. The number of esters is 1. The summed E-state index contributed by atoms with van der Waals surface area (Å²) in [5.74, 6) is 0.205. The van der Waals surface area contributed by atoms with Gasteiger partial charge in [0.15, 0.2) is 0 Å². The highest BCUT2D eigenvalue weighted by Crippen LogP contribution is 2.13. The maximum Gasteiger partial charge on any atom is 0.337 e. The number of amides is 1. The van der Waals surface area contributed by atoms with Crippen molar-refractivity contribution in [2.45, 2.75) is 13.1 Å². The minimum atomic E-state index is -0.390. The molecular formula is C23H21NO4. The fourth-order valence-corrected chi connectivity index (χ4v) is 2.73. The van der Waals surface area contributed by atoms with Crippen molar-refractivity contribution in [2.75, 3.05) is 7.11 Å². The lowest BCUT2D eigenvalue weighted by atomic mass is 10.1. The number of carbonyl (C=O) groups is 2. The third-order valence-electron chi connectivity index (χ3n) is 4.20. The molecular weight excluding hydrogens is 354 g/mol. The van der Waals surface area contributed by atoms with Gasteiger partial charge in [0, 0.05) is 12.6 Å². The van der Waals surface area contributed by atoms with Crippen LogP contribution in [0.3, 0.4) is 0 Å². The minimum Gasteiger partial charge on any atom is -0.467 e. The first-order valence-corrected chi connectivity index (χ1v) is 8.87. The van der Waals surface area contributed by atoms with Crippen LogP contribution in [0.5, 0.6) is 0 Å². The topological polar surface area (TPSA) is 59.8 Å². The molecule has 0 spiro atoms. The summed E-state index contributed by atoms with van der Waals surface area (Å²) in [6.07, 6.45) is 4.85. The molecule has 0 aliphatic heterocycles. The molecule has 0 aliphatic carbocycles. The molecule has 0 unspecified atom stereocenters. The Morgan fingerprint density at radius 1 is 0.964 bits per heavy atom. The summed E-state index contributed by atoms with van der Waals surface area (Å²) in [6.45, 7) is 0.859. The van der Waals surface area contributed by atoms with Gasteiger partial charge in [-0.25, -0.2) is 4.79 Å². The van der Waals surface area contributed by atoms with E-state index in [0.717, 1.165) is 16.9 Å². The molecule has 0 atom stereocenters. The quantitative estimate of drug-likeness (QED) is 0.456. The Morgan fingerprint density at radius 3 is 2.36 bits per heavy atom. The van der Waals surface area contributed by atoms with Gasteiger partial charge in [0.2, 0.25) is 5.91 Å². The van der Waals surface area contributed by atoms with Gasteiger partial charge in [0.05, 0.1) is 25.5 Å². The van der Waals surface area contributed by atoms with Crippen LogP contribution in [0.1, 0.15) is 27.2 Å². The van der Waals surface area contributed by atoms with Gasteiger partial charge < -0.3 is 14.1 Å². The summed E-state index contributed by atoms with van der Waals surface area (Å²) in [6, 6.07) is 20.3. The molecule has 0 saturated carbocycles. The standard InChI is InChI=1S/C23H21NO4/c1-27-23(26)20-12-9-18(10-13-20)11-14-22(25)24(17-21-8-5-15-28-21)16-19-6-3-2-4-7-19/h2-15H,16-17H2,1H3. The van der Waals surface area contributed by atoms with E-state index in [9.17, 15) is 9.59 Å². The van der Waals surface area contributed by atoms with Crippen molar-refractivity contribution >= 4 is 18.0 Å². The summed E-state index contributed by atoms with van der Waals surface area (Å²) >= 11 is 0.